The molecule has 0 fully saturated rings. The second kappa shape index (κ2) is 5.54. The van der Waals surface area contributed by atoms with E-state index >= 15 is 0 Å². The molecule has 2 aromatic rings. The molecule has 0 saturated carbocycles. The van der Waals surface area contributed by atoms with E-state index in [1.54, 1.807) is 6.20 Å². The van der Waals surface area contributed by atoms with Gasteiger partial charge in [0.1, 0.15) is 5.15 Å². The molecule has 0 aromatic carbocycles. The van der Waals surface area contributed by atoms with Crippen molar-refractivity contribution >= 4 is 17.4 Å². The average Bonchev–Trinajstić information content (AvgIpc) is 2.35. The van der Waals surface area contributed by atoms with Gasteiger partial charge in [0.15, 0.2) is 5.82 Å². The topological polar surface area (TPSA) is 50.7 Å². The Morgan fingerprint density at radius 3 is 2.94 bits per heavy atom. The molecule has 0 aliphatic rings. The lowest BCUT2D eigenvalue weighted by Gasteiger charge is -2.05. The number of rotatable bonds is 4. The molecule has 4 nitrogen and oxygen atoms in total. The summed E-state index contributed by atoms with van der Waals surface area (Å²) in [5.41, 5.74) is 0.926. The van der Waals surface area contributed by atoms with Crippen molar-refractivity contribution in [3.63, 3.8) is 0 Å². The van der Waals surface area contributed by atoms with Crippen LogP contribution in [0.3, 0.4) is 0 Å². The van der Waals surface area contributed by atoms with Gasteiger partial charge in [0.2, 0.25) is 0 Å². The summed E-state index contributed by atoms with van der Waals surface area (Å²) in [6, 6.07) is 5.66. The highest BCUT2D eigenvalue weighted by Gasteiger charge is 2.05. The molecule has 88 valence electrons. The second-order valence-corrected chi connectivity index (χ2v) is 3.72. The van der Waals surface area contributed by atoms with Gasteiger partial charge in [0.25, 0.3) is 5.95 Å². The molecule has 1 N–H and O–H groups in total. The van der Waals surface area contributed by atoms with Crippen LogP contribution in [0, 0.1) is 5.95 Å². The fourth-order valence-electron chi connectivity index (χ4n) is 1.32. The first-order chi connectivity index (χ1) is 8.25. The molecule has 0 unspecified atom stereocenters. The SMILES string of the molecule is Fc1ncc(Cl)nc1NCCc1ccccn1. The molecule has 2 aromatic heterocycles. The first-order valence-corrected chi connectivity index (χ1v) is 5.45. The Bertz CT molecular complexity index is 492. The maximum Gasteiger partial charge on any atom is 0.255 e. The van der Waals surface area contributed by atoms with Crippen molar-refractivity contribution in [3.05, 3.63) is 47.4 Å². The minimum atomic E-state index is -0.657. The van der Waals surface area contributed by atoms with Crippen LogP contribution >= 0.6 is 11.6 Å². The minimum absolute atomic E-state index is 0.0634. The molecule has 0 amide bonds. The van der Waals surface area contributed by atoms with E-state index in [-0.39, 0.29) is 11.0 Å². The highest BCUT2D eigenvalue weighted by molar-refractivity contribution is 6.29. The molecular weight excluding hydrogens is 243 g/mol. The van der Waals surface area contributed by atoms with Gasteiger partial charge in [-0.3, -0.25) is 4.98 Å². The van der Waals surface area contributed by atoms with Gasteiger partial charge in [-0.1, -0.05) is 17.7 Å². The Morgan fingerprint density at radius 2 is 2.18 bits per heavy atom. The Morgan fingerprint density at radius 1 is 1.29 bits per heavy atom. The van der Waals surface area contributed by atoms with Crippen LogP contribution in [-0.4, -0.2) is 21.5 Å². The summed E-state index contributed by atoms with van der Waals surface area (Å²) in [6.07, 6.45) is 3.56. The fourth-order valence-corrected chi connectivity index (χ4v) is 1.45. The first kappa shape index (κ1) is 11.7. The summed E-state index contributed by atoms with van der Waals surface area (Å²) < 4.78 is 13.2. The van der Waals surface area contributed by atoms with Gasteiger partial charge in [-0.05, 0) is 12.1 Å². The van der Waals surface area contributed by atoms with E-state index in [0.29, 0.717) is 13.0 Å². The monoisotopic (exact) mass is 252 g/mol. The van der Waals surface area contributed by atoms with Crippen molar-refractivity contribution in [3.8, 4) is 0 Å². The number of hydrogen-bond acceptors (Lipinski definition) is 4. The van der Waals surface area contributed by atoms with Crippen LogP contribution in [0.1, 0.15) is 5.69 Å². The molecule has 2 heterocycles. The van der Waals surface area contributed by atoms with Crippen molar-refractivity contribution < 1.29 is 4.39 Å². The summed E-state index contributed by atoms with van der Waals surface area (Å²) in [6.45, 7) is 0.517. The first-order valence-electron chi connectivity index (χ1n) is 5.07. The Labute approximate surface area is 103 Å². The quantitative estimate of drug-likeness (QED) is 0.907. The lowest BCUT2D eigenvalue weighted by molar-refractivity contribution is 0.580. The van der Waals surface area contributed by atoms with Gasteiger partial charge in [0.05, 0.1) is 6.20 Å². The second-order valence-electron chi connectivity index (χ2n) is 3.33. The Kier molecular flexibility index (Phi) is 3.82. The van der Waals surface area contributed by atoms with Crippen LogP contribution in [-0.2, 0) is 6.42 Å². The van der Waals surface area contributed by atoms with Gasteiger partial charge in [0, 0.05) is 24.9 Å². The predicted molar refractivity (Wildman–Crippen MR) is 63.4 cm³/mol. The summed E-state index contributed by atoms with van der Waals surface area (Å²) in [7, 11) is 0. The van der Waals surface area contributed by atoms with Gasteiger partial charge in [-0.15, -0.1) is 0 Å². The number of aromatic nitrogens is 3. The Balaban J connectivity index is 1.92. The predicted octanol–water partition coefficient (Wildman–Crippen LogP) is 2.32. The van der Waals surface area contributed by atoms with Crippen molar-refractivity contribution in [2.75, 3.05) is 11.9 Å². The lowest BCUT2D eigenvalue weighted by Crippen LogP contribution is -2.09. The van der Waals surface area contributed by atoms with Crippen molar-refractivity contribution in [2.24, 2.45) is 0 Å². The van der Waals surface area contributed by atoms with E-state index in [2.05, 4.69) is 20.3 Å². The largest absolute Gasteiger partial charge is 0.366 e. The number of halogens is 2. The molecule has 0 bridgehead atoms. The van der Waals surface area contributed by atoms with E-state index < -0.39 is 5.95 Å². The maximum atomic E-state index is 13.2. The summed E-state index contributed by atoms with van der Waals surface area (Å²) in [4.78, 5) is 11.4. The number of pyridine rings is 1. The highest BCUT2D eigenvalue weighted by atomic mass is 35.5. The van der Waals surface area contributed by atoms with E-state index in [4.69, 9.17) is 11.6 Å². The number of anilines is 1. The minimum Gasteiger partial charge on any atom is -0.366 e. The summed E-state index contributed by atoms with van der Waals surface area (Å²) in [5.74, 6) is -0.594. The Hall–Kier alpha value is -1.75. The number of nitrogens with zero attached hydrogens (tertiary/aromatic N) is 3. The van der Waals surface area contributed by atoms with Crippen LogP contribution in [0.25, 0.3) is 0 Å². The van der Waals surface area contributed by atoms with E-state index in [9.17, 15) is 4.39 Å². The molecule has 0 spiro atoms. The van der Waals surface area contributed by atoms with Gasteiger partial charge >= 0.3 is 0 Å². The zero-order chi connectivity index (χ0) is 12.1. The molecule has 17 heavy (non-hydrogen) atoms. The van der Waals surface area contributed by atoms with Crippen LogP contribution < -0.4 is 5.32 Å². The molecule has 0 aliphatic carbocycles. The number of hydrogen-bond donors (Lipinski definition) is 1. The third kappa shape index (κ3) is 3.35. The molecule has 0 radical (unpaired) electrons. The van der Waals surface area contributed by atoms with Crippen molar-refractivity contribution in [1.82, 2.24) is 15.0 Å². The third-order valence-electron chi connectivity index (χ3n) is 2.10. The van der Waals surface area contributed by atoms with Gasteiger partial charge in [-0.25, -0.2) is 9.97 Å². The molecule has 2 rings (SSSR count). The van der Waals surface area contributed by atoms with E-state index in [1.165, 1.54) is 6.20 Å². The standard InChI is InChI=1S/C11H10ClFN4/c12-9-7-16-10(13)11(17-9)15-6-4-8-3-1-2-5-14-8/h1-3,5,7H,4,6H2,(H,15,17). The highest BCUT2D eigenvalue weighted by Crippen LogP contribution is 2.11. The molecule has 0 aliphatic heterocycles. The average molecular weight is 253 g/mol. The van der Waals surface area contributed by atoms with Crippen molar-refractivity contribution in [2.45, 2.75) is 6.42 Å². The van der Waals surface area contributed by atoms with Gasteiger partial charge in [-0.2, -0.15) is 4.39 Å². The van der Waals surface area contributed by atoms with Crippen LogP contribution in [0.5, 0.6) is 0 Å². The molecular formula is C11H10ClFN4. The van der Waals surface area contributed by atoms with E-state index in [1.807, 2.05) is 18.2 Å². The van der Waals surface area contributed by atoms with Crippen molar-refractivity contribution in [1.29, 1.82) is 0 Å². The maximum absolute atomic E-state index is 13.2. The fraction of sp³-hybridized carbons (Fsp3) is 0.182. The normalized spacial score (nSPS) is 10.2. The lowest BCUT2D eigenvalue weighted by atomic mass is 10.3. The molecule has 0 atom stereocenters. The zero-order valence-corrected chi connectivity index (χ0v) is 9.65. The number of nitrogens with one attached hydrogen (secondary N) is 1. The van der Waals surface area contributed by atoms with Crippen LogP contribution in [0.2, 0.25) is 5.15 Å². The van der Waals surface area contributed by atoms with Crippen LogP contribution in [0.4, 0.5) is 10.2 Å². The third-order valence-corrected chi connectivity index (χ3v) is 2.28. The zero-order valence-electron chi connectivity index (χ0n) is 8.90. The summed E-state index contributed by atoms with van der Waals surface area (Å²) >= 11 is 5.62. The van der Waals surface area contributed by atoms with E-state index in [0.717, 1.165) is 5.69 Å². The summed E-state index contributed by atoms with van der Waals surface area (Å²) in [5, 5.41) is 2.99. The molecule has 0 saturated heterocycles. The van der Waals surface area contributed by atoms with Crippen LogP contribution in [0.15, 0.2) is 30.6 Å². The molecule has 6 heteroatoms. The van der Waals surface area contributed by atoms with Gasteiger partial charge < -0.3 is 5.32 Å². The smallest absolute Gasteiger partial charge is 0.255 e.